The summed E-state index contributed by atoms with van der Waals surface area (Å²) in [6, 6.07) is 6.84. The number of sulfone groups is 1. The highest BCUT2D eigenvalue weighted by Gasteiger charge is 2.38. The third-order valence-electron chi connectivity index (χ3n) is 5.52. The molecule has 1 aromatic rings. The van der Waals surface area contributed by atoms with E-state index in [1.807, 2.05) is 0 Å². The molecule has 0 bridgehead atoms. The summed E-state index contributed by atoms with van der Waals surface area (Å²) in [6.45, 7) is 4.28. The molecule has 2 atom stereocenters. The lowest BCUT2D eigenvalue weighted by Crippen LogP contribution is -2.48. The molecule has 2 aliphatic rings. The fourth-order valence-corrected chi connectivity index (χ4v) is 5.65. The van der Waals surface area contributed by atoms with Crippen LogP contribution in [0.4, 0.5) is 0 Å². The first-order valence-corrected chi connectivity index (χ1v) is 10.3. The average molecular weight is 347 g/mol. The van der Waals surface area contributed by atoms with Crippen LogP contribution < -0.4 is 5.32 Å². The van der Waals surface area contributed by atoms with Gasteiger partial charge in [0.25, 0.3) is 5.91 Å². The van der Waals surface area contributed by atoms with Crippen LogP contribution in [0.2, 0.25) is 0 Å². The largest absolute Gasteiger partial charge is 0.348 e. The van der Waals surface area contributed by atoms with E-state index in [4.69, 9.17) is 0 Å². The lowest BCUT2D eigenvalue weighted by atomic mass is 9.74. The molecular formula is C19H25NO3S. The molecule has 0 saturated heterocycles. The molecule has 24 heavy (non-hydrogen) atoms. The van der Waals surface area contributed by atoms with Crippen molar-refractivity contribution in [2.75, 3.05) is 0 Å². The van der Waals surface area contributed by atoms with Crippen molar-refractivity contribution in [2.24, 2.45) is 11.8 Å². The highest BCUT2D eigenvalue weighted by molar-refractivity contribution is 7.96. The van der Waals surface area contributed by atoms with Gasteiger partial charge in [0.2, 0.25) is 9.84 Å². The molecule has 1 N–H and O–H groups in total. The predicted octanol–water partition coefficient (Wildman–Crippen LogP) is 3.54. The van der Waals surface area contributed by atoms with Crippen LogP contribution in [0.5, 0.6) is 0 Å². The zero-order valence-electron chi connectivity index (χ0n) is 14.3. The van der Waals surface area contributed by atoms with Gasteiger partial charge in [0.15, 0.2) is 0 Å². The maximum Gasteiger partial charge on any atom is 0.263 e. The van der Waals surface area contributed by atoms with Crippen LogP contribution >= 0.6 is 0 Å². The SMILES string of the molecule is CCC1CCCC(CC)C1NC(=O)C1=Cc2ccccc2S1(=O)=O. The van der Waals surface area contributed by atoms with E-state index in [2.05, 4.69) is 19.2 Å². The fourth-order valence-electron chi connectivity index (χ4n) is 4.13. The van der Waals surface area contributed by atoms with Crippen LogP contribution in [0.25, 0.3) is 6.08 Å². The summed E-state index contributed by atoms with van der Waals surface area (Å²) >= 11 is 0. The second-order valence-corrected chi connectivity index (χ2v) is 8.70. The first-order valence-electron chi connectivity index (χ1n) is 8.85. The van der Waals surface area contributed by atoms with E-state index in [0.717, 1.165) is 25.7 Å². The summed E-state index contributed by atoms with van der Waals surface area (Å²) in [7, 11) is -3.70. The Labute approximate surface area is 144 Å². The highest BCUT2D eigenvalue weighted by Crippen LogP contribution is 2.36. The molecule has 0 radical (unpaired) electrons. The van der Waals surface area contributed by atoms with Crippen LogP contribution in [0.15, 0.2) is 34.1 Å². The minimum atomic E-state index is -3.70. The quantitative estimate of drug-likeness (QED) is 0.906. The summed E-state index contributed by atoms with van der Waals surface area (Å²) in [5, 5.41) is 3.07. The summed E-state index contributed by atoms with van der Waals surface area (Å²) in [5.74, 6) is 0.412. The Kier molecular flexibility index (Phi) is 4.81. The summed E-state index contributed by atoms with van der Waals surface area (Å²) in [5.41, 5.74) is 0.602. The van der Waals surface area contributed by atoms with E-state index in [1.54, 1.807) is 24.3 Å². The van der Waals surface area contributed by atoms with Gasteiger partial charge < -0.3 is 5.32 Å². The lowest BCUT2D eigenvalue weighted by Gasteiger charge is -2.38. The van der Waals surface area contributed by atoms with E-state index in [9.17, 15) is 13.2 Å². The van der Waals surface area contributed by atoms with Crippen molar-refractivity contribution in [3.05, 3.63) is 34.7 Å². The van der Waals surface area contributed by atoms with Crippen molar-refractivity contribution in [3.63, 3.8) is 0 Å². The fraction of sp³-hybridized carbons (Fsp3) is 0.526. The zero-order valence-corrected chi connectivity index (χ0v) is 15.1. The molecule has 1 aromatic carbocycles. The predicted molar refractivity (Wildman–Crippen MR) is 94.9 cm³/mol. The molecular weight excluding hydrogens is 322 g/mol. The summed E-state index contributed by atoms with van der Waals surface area (Å²) < 4.78 is 25.3. The molecule has 1 fully saturated rings. The van der Waals surface area contributed by atoms with Crippen molar-refractivity contribution in [1.82, 2.24) is 5.32 Å². The molecule has 5 heteroatoms. The van der Waals surface area contributed by atoms with Gasteiger partial charge in [-0.25, -0.2) is 8.42 Å². The van der Waals surface area contributed by atoms with Crippen molar-refractivity contribution in [1.29, 1.82) is 0 Å². The average Bonchev–Trinajstić information content (AvgIpc) is 2.86. The van der Waals surface area contributed by atoms with Gasteiger partial charge >= 0.3 is 0 Å². The molecule has 2 unspecified atom stereocenters. The molecule has 1 heterocycles. The van der Waals surface area contributed by atoms with Gasteiger partial charge in [0.05, 0.1) is 4.90 Å². The van der Waals surface area contributed by atoms with Gasteiger partial charge in [-0.1, -0.05) is 51.3 Å². The second kappa shape index (κ2) is 6.71. The number of hydrogen-bond acceptors (Lipinski definition) is 3. The number of carbonyl (C=O) groups is 1. The van der Waals surface area contributed by atoms with Crippen molar-refractivity contribution in [2.45, 2.75) is 56.9 Å². The molecule has 130 valence electrons. The minimum absolute atomic E-state index is 0.0704. The normalized spacial score (nSPS) is 28.1. The van der Waals surface area contributed by atoms with Gasteiger partial charge in [-0.05, 0) is 42.4 Å². The monoisotopic (exact) mass is 347 g/mol. The Morgan fingerprint density at radius 1 is 1.12 bits per heavy atom. The third-order valence-corrected chi connectivity index (χ3v) is 7.35. The Hall–Kier alpha value is -1.62. The minimum Gasteiger partial charge on any atom is -0.348 e. The van der Waals surface area contributed by atoms with Gasteiger partial charge in [0.1, 0.15) is 4.91 Å². The summed E-state index contributed by atoms with van der Waals surface area (Å²) in [4.78, 5) is 12.9. The Morgan fingerprint density at radius 3 is 2.33 bits per heavy atom. The highest BCUT2D eigenvalue weighted by atomic mass is 32.2. The lowest BCUT2D eigenvalue weighted by molar-refractivity contribution is -0.118. The van der Waals surface area contributed by atoms with E-state index in [0.29, 0.717) is 17.4 Å². The van der Waals surface area contributed by atoms with Crippen molar-refractivity contribution >= 4 is 21.8 Å². The van der Waals surface area contributed by atoms with Crippen molar-refractivity contribution < 1.29 is 13.2 Å². The first-order chi connectivity index (χ1) is 11.5. The van der Waals surface area contributed by atoms with Crippen LogP contribution in [-0.4, -0.2) is 20.4 Å². The first kappa shape index (κ1) is 17.2. The molecule has 0 aromatic heterocycles. The van der Waals surface area contributed by atoms with E-state index in [-0.39, 0.29) is 15.8 Å². The Balaban J connectivity index is 1.85. The van der Waals surface area contributed by atoms with E-state index >= 15 is 0 Å². The van der Waals surface area contributed by atoms with Crippen LogP contribution in [0, 0.1) is 11.8 Å². The Morgan fingerprint density at radius 2 is 1.75 bits per heavy atom. The summed E-state index contributed by atoms with van der Waals surface area (Å²) in [6.07, 6.45) is 6.91. The number of hydrogen-bond donors (Lipinski definition) is 1. The third kappa shape index (κ3) is 2.90. The standard InChI is InChI=1S/C19H25NO3S/c1-3-13-9-7-10-14(4-2)18(13)20-19(21)17-12-15-8-5-6-11-16(15)24(17,22)23/h5-6,8,11-14,18H,3-4,7,9-10H2,1-2H3,(H,20,21). The van der Waals surface area contributed by atoms with E-state index in [1.165, 1.54) is 12.5 Å². The van der Waals surface area contributed by atoms with Crippen LogP contribution in [0.1, 0.15) is 51.5 Å². The molecule has 1 saturated carbocycles. The topological polar surface area (TPSA) is 63.2 Å². The van der Waals surface area contributed by atoms with Crippen molar-refractivity contribution in [3.8, 4) is 0 Å². The second-order valence-electron chi connectivity index (χ2n) is 6.82. The van der Waals surface area contributed by atoms with Crippen LogP contribution in [-0.2, 0) is 14.6 Å². The number of fused-ring (bicyclic) bond motifs is 1. The number of rotatable bonds is 4. The number of nitrogens with one attached hydrogen (secondary N) is 1. The van der Waals surface area contributed by atoms with E-state index < -0.39 is 15.7 Å². The zero-order chi connectivity index (χ0) is 17.3. The van der Waals surface area contributed by atoms with Gasteiger partial charge in [-0.3, -0.25) is 4.79 Å². The molecule has 3 rings (SSSR count). The molecule has 1 amide bonds. The Bertz CT molecular complexity index is 755. The molecule has 4 nitrogen and oxygen atoms in total. The smallest absolute Gasteiger partial charge is 0.263 e. The molecule has 1 aliphatic carbocycles. The van der Waals surface area contributed by atoms with Gasteiger partial charge in [0, 0.05) is 6.04 Å². The number of carbonyl (C=O) groups excluding carboxylic acids is 1. The maximum atomic E-state index is 12.8. The maximum absolute atomic E-state index is 12.8. The van der Waals surface area contributed by atoms with Crippen LogP contribution in [0.3, 0.4) is 0 Å². The molecule has 0 spiro atoms. The molecule has 1 aliphatic heterocycles. The number of benzene rings is 1. The number of amides is 1. The van der Waals surface area contributed by atoms with Gasteiger partial charge in [-0.2, -0.15) is 0 Å². The van der Waals surface area contributed by atoms with Gasteiger partial charge in [-0.15, -0.1) is 0 Å².